The van der Waals surface area contributed by atoms with Crippen LogP contribution in [0, 0.1) is 0 Å². The van der Waals surface area contributed by atoms with Gasteiger partial charge in [-0.05, 0) is 23.6 Å². The molecule has 0 spiro atoms. The molecule has 0 fully saturated rings. The Hall–Kier alpha value is -1.79. The van der Waals surface area contributed by atoms with E-state index >= 15 is 0 Å². The molecule has 19 heavy (non-hydrogen) atoms. The fourth-order valence-electron chi connectivity index (χ4n) is 1.74. The summed E-state index contributed by atoms with van der Waals surface area (Å²) in [5.74, 6) is 0.107. The van der Waals surface area contributed by atoms with Crippen molar-refractivity contribution < 1.29 is 5.11 Å². The monoisotopic (exact) mass is 333 g/mol. The van der Waals surface area contributed by atoms with Gasteiger partial charge in [-0.2, -0.15) is 0 Å². The Balaban J connectivity index is 2.14. The van der Waals surface area contributed by atoms with Gasteiger partial charge in [0.2, 0.25) is 5.13 Å². The van der Waals surface area contributed by atoms with Crippen molar-refractivity contribution in [3.8, 4) is 5.75 Å². The van der Waals surface area contributed by atoms with Crippen molar-refractivity contribution in [2.45, 2.75) is 0 Å². The van der Waals surface area contributed by atoms with Crippen LogP contribution in [0.4, 0.5) is 10.8 Å². The summed E-state index contributed by atoms with van der Waals surface area (Å²) < 4.78 is 0.980. The van der Waals surface area contributed by atoms with Crippen LogP contribution >= 0.6 is 27.3 Å². The van der Waals surface area contributed by atoms with Crippen LogP contribution in [0.15, 0.2) is 56.6 Å². The highest BCUT2D eigenvalue weighted by Gasteiger charge is 2.07. The third kappa shape index (κ3) is 2.50. The molecule has 3 aromatic rings. The van der Waals surface area contributed by atoms with Crippen LogP contribution in [0.2, 0.25) is 0 Å². The van der Waals surface area contributed by atoms with Gasteiger partial charge in [-0.15, -0.1) is 21.6 Å². The molecule has 0 aliphatic rings. The maximum atomic E-state index is 9.92. The predicted molar refractivity (Wildman–Crippen MR) is 79.6 cm³/mol. The molecule has 3 rings (SSSR count). The van der Waals surface area contributed by atoms with E-state index in [0.717, 1.165) is 15.2 Å². The van der Waals surface area contributed by atoms with Crippen molar-refractivity contribution in [1.82, 2.24) is 4.98 Å². The van der Waals surface area contributed by atoms with Crippen LogP contribution in [-0.2, 0) is 0 Å². The Morgan fingerprint density at radius 1 is 1.16 bits per heavy atom. The second kappa shape index (κ2) is 5.07. The molecule has 0 atom stereocenters. The molecule has 0 bridgehead atoms. The van der Waals surface area contributed by atoms with Crippen LogP contribution in [0.5, 0.6) is 5.75 Å². The maximum absolute atomic E-state index is 9.92. The summed E-state index contributed by atoms with van der Waals surface area (Å²) in [7, 11) is 0. The van der Waals surface area contributed by atoms with Gasteiger partial charge in [0.05, 0.1) is 0 Å². The van der Waals surface area contributed by atoms with Gasteiger partial charge in [0, 0.05) is 21.4 Å². The second-order valence-electron chi connectivity index (χ2n) is 3.81. The summed E-state index contributed by atoms with van der Waals surface area (Å²) in [6.45, 7) is 0. The smallest absolute Gasteiger partial charge is 0.229 e. The lowest BCUT2D eigenvalue weighted by molar-refractivity contribution is 0.477. The molecule has 4 nitrogen and oxygen atoms in total. The fourth-order valence-corrected chi connectivity index (χ4v) is 2.57. The minimum Gasteiger partial charge on any atom is -0.506 e. The number of fused-ring (bicyclic) bond motifs is 1. The van der Waals surface area contributed by atoms with Crippen LogP contribution in [0.3, 0.4) is 0 Å². The van der Waals surface area contributed by atoms with Crippen molar-refractivity contribution in [3.05, 3.63) is 46.4 Å². The summed E-state index contributed by atoms with van der Waals surface area (Å²) in [6, 6.07) is 9.24. The standard InChI is InChI=1S/C13H8BrN3OS/c14-9-2-3-10-8(7-9)1-4-11(18)12(10)16-17-13-15-5-6-19-13/h1-7,18H/b17-16+. The number of aromatic hydroxyl groups is 1. The lowest BCUT2D eigenvalue weighted by Gasteiger charge is -2.04. The predicted octanol–water partition coefficient (Wildman–Crippen LogP) is 5.18. The first-order valence-corrected chi connectivity index (χ1v) is 7.14. The van der Waals surface area contributed by atoms with E-state index in [1.807, 2.05) is 29.6 Å². The third-order valence-electron chi connectivity index (χ3n) is 2.59. The zero-order valence-electron chi connectivity index (χ0n) is 9.62. The van der Waals surface area contributed by atoms with Gasteiger partial charge in [0.25, 0.3) is 0 Å². The van der Waals surface area contributed by atoms with E-state index in [1.54, 1.807) is 12.3 Å². The zero-order chi connectivity index (χ0) is 13.2. The van der Waals surface area contributed by atoms with Crippen molar-refractivity contribution >= 4 is 48.9 Å². The second-order valence-corrected chi connectivity index (χ2v) is 5.60. The minimum atomic E-state index is 0.107. The van der Waals surface area contributed by atoms with E-state index in [4.69, 9.17) is 0 Å². The Morgan fingerprint density at radius 3 is 2.84 bits per heavy atom. The molecule has 1 heterocycles. The molecule has 0 aliphatic heterocycles. The number of hydrogen-bond acceptors (Lipinski definition) is 5. The van der Waals surface area contributed by atoms with Crippen molar-refractivity contribution in [2.75, 3.05) is 0 Å². The molecule has 1 aromatic heterocycles. The highest BCUT2D eigenvalue weighted by atomic mass is 79.9. The van der Waals surface area contributed by atoms with Crippen molar-refractivity contribution in [3.63, 3.8) is 0 Å². The number of rotatable bonds is 2. The topological polar surface area (TPSA) is 57.8 Å². The number of phenols is 1. The van der Waals surface area contributed by atoms with E-state index in [-0.39, 0.29) is 5.75 Å². The lowest BCUT2D eigenvalue weighted by atomic mass is 10.1. The number of hydrogen-bond donors (Lipinski definition) is 1. The highest BCUT2D eigenvalue weighted by molar-refractivity contribution is 9.10. The van der Waals surface area contributed by atoms with Crippen LogP contribution in [-0.4, -0.2) is 10.1 Å². The number of thiazole rings is 1. The largest absolute Gasteiger partial charge is 0.506 e. The van der Waals surface area contributed by atoms with Crippen LogP contribution in [0.25, 0.3) is 10.8 Å². The molecule has 0 saturated heterocycles. The molecule has 0 saturated carbocycles. The molecule has 0 amide bonds. The number of aromatic nitrogens is 1. The van der Waals surface area contributed by atoms with Gasteiger partial charge >= 0.3 is 0 Å². The Morgan fingerprint density at radius 2 is 2.05 bits per heavy atom. The van der Waals surface area contributed by atoms with E-state index in [9.17, 15) is 5.11 Å². The van der Waals surface area contributed by atoms with E-state index < -0.39 is 0 Å². The number of azo groups is 1. The van der Waals surface area contributed by atoms with Gasteiger partial charge in [-0.3, -0.25) is 0 Å². The van der Waals surface area contributed by atoms with Crippen LogP contribution in [0.1, 0.15) is 0 Å². The molecule has 94 valence electrons. The Bertz CT molecular complexity index is 756. The van der Waals surface area contributed by atoms with Crippen molar-refractivity contribution in [1.29, 1.82) is 0 Å². The molecule has 6 heteroatoms. The van der Waals surface area contributed by atoms with Gasteiger partial charge in [-0.25, -0.2) is 4.98 Å². The molecule has 2 aromatic carbocycles. The van der Waals surface area contributed by atoms with E-state index in [2.05, 4.69) is 31.1 Å². The number of phenolic OH excluding ortho intramolecular Hbond substituents is 1. The SMILES string of the molecule is Oc1ccc2cc(Br)ccc2c1/N=N/c1nccs1. The molecule has 0 unspecified atom stereocenters. The average molecular weight is 334 g/mol. The first kappa shape index (κ1) is 12.3. The third-order valence-corrected chi connectivity index (χ3v) is 3.74. The summed E-state index contributed by atoms with van der Waals surface area (Å²) in [6.07, 6.45) is 1.67. The quantitative estimate of drug-likeness (QED) is 0.657. The van der Waals surface area contributed by atoms with Gasteiger partial charge < -0.3 is 5.11 Å². The summed E-state index contributed by atoms with van der Waals surface area (Å²) in [5, 5.41) is 22.3. The van der Waals surface area contributed by atoms with E-state index in [0.29, 0.717) is 10.8 Å². The highest BCUT2D eigenvalue weighted by Crippen LogP contribution is 2.37. The maximum Gasteiger partial charge on any atom is 0.229 e. The minimum absolute atomic E-state index is 0.107. The zero-order valence-corrected chi connectivity index (χ0v) is 12.0. The molecular weight excluding hydrogens is 326 g/mol. The van der Waals surface area contributed by atoms with Crippen molar-refractivity contribution in [2.24, 2.45) is 10.2 Å². The average Bonchev–Trinajstić information content (AvgIpc) is 2.91. The number of halogens is 1. The number of benzene rings is 2. The summed E-state index contributed by atoms with van der Waals surface area (Å²) in [5.41, 5.74) is 0.459. The molecule has 0 radical (unpaired) electrons. The van der Waals surface area contributed by atoms with Gasteiger partial charge in [0.1, 0.15) is 11.4 Å². The molecular formula is C13H8BrN3OS. The van der Waals surface area contributed by atoms with Crippen LogP contribution < -0.4 is 0 Å². The van der Waals surface area contributed by atoms with Gasteiger partial charge in [-0.1, -0.05) is 28.1 Å². The molecule has 1 N–H and O–H groups in total. The molecule has 0 aliphatic carbocycles. The summed E-state index contributed by atoms with van der Waals surface area (Å²) in [4.78, 5) is 4.02. The van der Waals surface area contributed by atoms with Gasteiger partial charge in [0.15, 0.2) is 0 Å². The summed E-state index contributed by atoms with van der Waals surface area (Å²) >= 11 is 4.82. The first-order valence-electron chi connectivity index (χ1n) is 5.46. The Kier molecular flexibility index (Phi) is 3.27. The fraction of sp³-hybridized carbons (Fsp3) is 0. The number of nitrogens with zero attached hydrogens (tertiary/aromatic N) is 3. The first-order chi connectivity index (χ1) is 9.24. The van der Waals surface area contributed by atoms with E-state index in [1.165, 1.54) is 11.3 Å². The Labute approximate surface area is 121 Å². The lowest BCUT2D eigenvalue weighted by Crippen LogP contribution is -1.76. The normalized spacial score (nSPS) is 11.4.